The van der Waals surface area contributed by atoms with E-state index in [9.17, 15) is 4.79 Å². The zero-order valence-corrected chi connectivity index (χ0v) is 12.0. The van der Waals surface area contributed by atoms with Gasteiger partial charge >= 0.3 is 5.97 Å². The maximum Gasteiger partial charge on any atom is 0.307 e. The highest BCUT2D eigenvalue weighted by Gasteiger charge is 2.38. The lowest BCUT2D eigenvalue weighted by Crippen LogP contribution is -2.46. The number of likely N-dealkylation sites (tertiary alicyclic amines) is 1. The Kier molecular flexibility index (Phi) is 9.54. The lowest BCUT2D eigenvalue weighted by Gasteiger charge is -2.40. The van der Waals surface area contributed by atoms with E-state index in [4.69, 9.17) is 5.11 Å². The van der Waals surface area contributed by atoms with Gasteiger partial charge in [-0.2, -0.15) is 0 Å². The van der Waals surface area contributed by atoms with E-state index in [1.807, 2.05) is 48.6 Å². The molecule has 3 heteroatoms. The highest BCUT2D eigenvalue weighted by Crippen LogP contribution is 2.34. The molecule has 3 nitrogen and oxygen atoms in total. The maximum absolute atomic E-state index is 10.9. The third-order valence-electron chi connectivity index (χ3n) is 2.72. The monoisotopic (exact) mass is 231 g/mol. The first-order valence-corrected chi connectivity index (χ1v) is 6.35. The van der Waals surface area contributed by atoms with Gasteiger partial charge in [0.25, 0.3) is 0 Å². The molecule has 1 fully saturated rings. The molecule has 0 aromatic heterocycles. The van der Waals surface area contributed by atoms with E-state index in [0.717, 1.165) is 19.5 Å². The number of carboxylic acid groups (broad SMARTS) is 1. The van der Waals surface area contributed by atoms with Crippen molar-refractivity contribution < 1.29 is 9.90 Å². The molecule has 16 heavy (non-hydrogen) atoms. The molecule has 0 bridgehead atoms. The van der Waals surface area contributed by atoms with Gasteiger partial charge in [0.1, 0.15) is 0 Å². The second-order valence-electron chi connectivity index (χ2n) is 4.41. The summed E-state index contributed by atoms with van der Waals surface area (Å²) in [5.41, 5.74) is -0.0845. The molecule has 0 aromatic carbocycles. The fourth-order valence-electron chi connectivity index (χ4n) is 2.08. The van der Waals surface area contributed by atoms with E-state index in [0.29, 0.717) is 0 Å². The van der Waals surface area contributed by atoms with Crippen molar-refractivity contribution in [2.75, 3.05) is 20.1 Å². The minimum absolute atomic E-state index is 0.0845. The van der Waals surface area contributed by atoms with Crippen LogP contribution in [0.2, 0.25) is 0 Å². The summed E-state index contributed by atoms with van der Waals surface area (Å²) in [5, 5.41) is 8.94. The molecule has 1 saturated heterocycles. The van der Waals surface area contributed by atoms with Gasteiger partial charge in [0.15, 0.2) is 0 Å². The summed E-state index contributed by atoms with van der Waals surface area (Å²) in [6, 6.07) is 0. The van der Waals surface area contributed by atoms with Crippen molar-refractivity contribution in [2.24, 2.45) is 11.3 Å². The van der Waals surface area contributed by atoms with E-state index < -0.39 is 5.97 Å². The summed E-state index contributed by atoms with van der Waals surface area (Å²) in [7, 11) is 2.04. The van der Waals surface area contributed by atoms with Gasteiger partial charge in [-0.3, -0.25) is 4.79 Å². The summed E-state index contributed by atoms with van der Waals surface area (Å²) < 4.78 is 0. The molecule has 1 aliphatic rings. The van der Waals surface area contributed by atoms with Crippen molar-refractivity contribution in [3.05, 3.63) is 0 Å². The average molecular weight is 231 g/mol. The first-order chi connectivity index (χ1) is 7.43. The summed E-state index contributed by atoms with van der Waals surface area (Å²) in [6.45, 7) is 13.8. The van der Waals surface area contributed by atoms with E-state index in [2.05, 4.69) is 4.90 Å². The van der Waals surface area contributed by atoms with Crippen molar-refractivity contribution in [2.45, 2.75) is 48.0 Å². The Morgan fingerprint density at radius 1 is 1.25 bits per heavy atom. The van der Waals surface area contributed by atoms with Gasteiger partial charge < -0.3 is 10.0 Å². The average Bonchev–Trinajstić information content (AvgIpc) is 2.21. The highest BCUT2D eigenvalue weighted by atomic mass is 16.4. The van der Waals surface area contributed by atoms with Crippen LogP contribution in [0, 0.1) is 11.3 Å². The standard InChI is InChI=1S/C9H17NO2.2C2H6/c1-9(2)6-10(3)5-4-7(9)8(11)12;2*1-2/h7H,4-6H2,1-3H3,(H,11,12);2*1-2H3. The van der Waals surface area contributed by atoms with E-state index in [-0.39, 0.29) is 11.3 Å². The second kappa shape index (κ2) is 8.57. The third-order valence-corrected chi connectivity index (χ3v) is 2.72. The molecule has 0 amide bonds. The maximum atomic E-state index is 10.9. The Morgan fingerprint density at radius 2 is 1.69 bits per heavy atom. The van der Waals surface area contributed by atoms with Crippen molar-refractivity contribution in [3.63, 3.8) is 0 Å². The van der Waals surface area contributed by atoms with Gasteiger partial charge in [0.05, 0.1) is 5.92 Å². The van der Waals surface area contributed by atoms with Crippen molar-refractivity contribution in [1.29, 1.82) is 0 Å². The Balaban J connectivity index is 0. The number of piperidine rings is 1. The fourth-order valence-corrected chi connectivity index (χ4v) is 2.08. The fraction of sp³-hybridized carbons (Fsp3) is 0.923. The Hall–Kier alpha value is -0.570. The molecular formula is C13H29NO2. The molecule has 98 valence electrons. The number of carbonyl (C=O) groups is 1. The highest BCUT2D eigenvalue weighted by molar-refractivity contribution is 5.71. The van der Waals surface area contributed by atoms with Crippen LogP contribution >= 0.6 is 0 Å². The minimum Gasteiger partial charge on any atom is -0.481 e. The molecular weight excluding hydrogens is 202 g/mol. The Bertz CT molecular complexity index is 190. The van der Waals surface area contributed by atoms with Crippen LogP contribution in [0.25, 0.3) is 0 Å². The van der Waals surface area contributed by atoms with Gasteiger partial charge in [-0.15, -0.1) is 0 Å². The zero-order chi connectivity index (χ0) is 13.4. The lowest BCUT2D eigenvalue weighted by molar-refractivity contribution is -0.148. The molecule has 1 unspecified atom stereocenters. The van der Waals surface area contributed by atoms with Crippen molar-refractivity contribution >= 4 is 5.97 Å². The van der Waals surface area contributed by atoms with Crippen molar-refractivity contribution in [3.8, 4) is 0 Å². The van der Waals surface area contributed by atoms with E-state index in [1.54, 1.807) is 0 Å². The number of aliphatic carboxylic acids is 1. The molecule has 0 aromatic rings. The first kappa shape index (κ1) is 17.8. The number of rotatable bonds is 1. The van der Waals surface area contributed by atoms with E-state index in [1.165, 1.54) is 0 Å². The minimum atomic E-state index is -0.645. The summed E-state index contributed by atoms with van der Waals surface area (Å²) >= 11 is 0. The summed E-state index contributed by atoms with van der Waals surface area (Å²) in [6.07, 6.45) is 0.777. The molecule has 1 N–H and O–H groups in total. The van der Waals surface area contributed by atoms with Crippen LogP contribution in [0.1, 0.15) is 48.0 Å². The zero-order valence-electron chi connectivity index (χ0n) is 12.0. The van der Waals surface area contributed by atoms with Crippen LogP contribution < -0.4 is 0 Å². The Labute approximate surface area is 101 Å². The first-order valence-electron chi connectivity index (χ1n) is 6.35. The number of nitrogens with zero attached hydrogens (tertiary/aromatic N) is 1. The van der Waals surface area contributed by atoms with E-state index >= 15 is 0 Å². The van der Waals surface area contributed by atoms with Gasteiger partial charge in [0, 0.05) is 6.54 Å². The van der Waals surface area contributed by atoms with Crippen LogP contribution in [0.5, 0.6) is 0 Å². The third kappa shape index (κ3) is 5.50. The van der Waals surface area contributed by atoms with Crippen LogP contribution in [0.15, 0.2) is 0 Å². The summed E-state index contributed by atoms with van der Waals surface area (Å²) in [5.74, 6) is -0.818. The summed E-state index contributed by atoms with van der Waals surface area (Å²) in [4.78, 5) is 13.1. The molecule has 0 saturated carbocycles. The van der Waals surface area contributed by atoms with Crippen LogP contribution in [0.3, 0.4) is 0 Å². The number of carboxylic acids is 1. The van der Waals surface area contributed by atoms with Gasteiger partial charge in [-0.1, -0.05) is 41.5 Å². The van der Waals surface area contributed by atoms with Crippen LogP contribution in [-0.2, 0) is 4.79 Å². The van der Waals surface area contributed by atoms with Gasteiger partial charge in [-0.25, -0.2) is 0 Å². The predicted molar refractivity (Wildman–Crippen MR) is 69.7 cm³/mol. The van der Waals surface area contributed by atoms with Crippen molar-refractivity contribution in [1.82, 2.24) is 4.90 Å². The SMILES string of the molecule is CC.CC.CN1CCC(C(=O)O)C(C)(C)C1. The molecule has 1 rings (SSSR count). The normalized spacial score (nSPS) is 23.3. The quantitative estimate of drug-likeness (QED) is 0.754. The van der Waals surface area contributed by atoms with Gasteiger partial charge in [-0.05, 0) is 25.4 Å². The Morgan fingerprint density at radius 3 is 2.00 bits per heavy atom. The van der Waals surface area contributed by atoms with Crippen LogP contribution in [-0.4, -0.2) is 36.1 Å². The smallest absolute Gasteiger partial charge is 0.307 e. The van der Waals surface area contributed by atoms with Gasteiger partial charge in [0.2, 0.25) is 0 Å². The number of hydrogen-bond donors (Lipinski definition) is 1. The topological polar surface area (TPSA) is 40.5 Å². The molecule has 0 spiro atoms. The molecule has 1 heterocycles. The molecule has 0 radical (unpaired) electrons. The largest absolute Gasteiger partial charge is 0.481 e. The molecule has 1 aliphatic heterocycles. The predicted octanol–water partition coefficient (Wildman–Crippen LogP) is 3.10. The second-order valence-corrected chi connectivity index (χ2v) is 4.41. The molecule has 0 aliphatic carbocycles. The number of hydrogen-bond acceptors (Lipinski definition) is 2. The lowest BCUT2D eigenvalue weighted by atomic mass is 9.74. The van der Waals surface area contributed by atoms with Crippen LogP contribution in [0.4, 0.5) is 0 Å². The molecule has 1 atom stereocenters.